The van der Waals surface area contributed by atoms with Crippen molar-refractivity contribution in [2.45, 2.75) is 64.1 Å². The summed E-state index contributed by atoms with van der Waals surface area (Å²) >= 11 is 1.91. The molecule has 1 aromatic heterocycles. The van der Waals surface area contributed by atoms with E-state index in [1.807, 2.05) is 18.4 Å². The normalized spacial score (nSPS) is 26.2. The number of nitrogens with one attached hydrogen (secondary N) is 1. The topological polar surface area (TPSA) is 21.3 Å². The zero-order valence-electron chi connectivity index (χ0n) is 11.7. The number of hydrogen-bond acceptors (Lipinski definition) is 3. The third-order valence-electron chi connectivity index (χ3n) is 3.81. The molecule has 1 aromatic rings. The lowest BCUT2D eigenvalue weighted by Crippen LogP contribution is -2.47. The van der Waals surface area contributed by atoms with Crippen molar-refractivity contribution in [3.05, 3.63) is 21.9 Å². The van der Waals surface area contributed by atoms with Gasteiger partial charge in [0, 0.05) is 28.9 Å². The van der Waals surface area contributed by atoms with Crippen LogP contribution in [0.3, 0.4) is 0 Å². The second-order valence-electron chi connectivity index (χ2n) is 5.45. The average Bonchev–Trinajstić information content (AvgIpc) is 2.75. The van der Waals surface area contributed by atoms with Gasteiger partial charge >= 0.3 is 0 Å². The Morgan fingerprint density at radius 3 is 2.83 bits per heavy atom. The van der Waals surface area contributed by atoms with Gasteiger partial charge in [0.05, 0.1) is 6.10 Å². The van der Waals surface area contributed by atoms with Crippen molar-refractivity contribution in [3.63, 3.8) is 0 Å². The Balaban J connectivity index is 1.84. The average molecular weight is 267 g/mol. The van der Waals surface area contributed by atoms with E-state index >= 15 is 0 Å². The second kappa shape index (κ2) is 6.69. The molecule has 0 saturated heterocycles. The number of hydrogen-bond donors (Lipinski definition) is 1. The minimum absolute atomic E-state index is 0.409. The molecule has 102 valence electrons. The van der Waals surface area contributed by atoms with Crippen LogP contribution >= 0.6 is 11.3 Å². The molecule has 1 fully saturated rings. The van der Waals surface area contributed by atoms with Gasteiger partial charge in [-0.2, -0.15) is 0 Å². The summed E-state index contributed by atoms with van der Waals surface area (Å²) in [6.45, 7) is 4.46. The van der Waals surface area contributed by atoms with Crippen LogP contribution in [0.2, 0.25) is 0 Å². The molecule has 0 radical (unpaired) electrons. The molecule has 0 bridgehead atoms. The highest BCUT2D eigenvalue weighted by atomic mass is 32.1. The molecular weight excluding hydrogens is 242 g/mol. The maximum Gasteiger partial charge on any atom is 0.0724 e. The summed E-state index contributed by atoms with van der Waals surface area (Å²) in [4.78, 5) is 2.89. The summed E-state index contributed by atoms with van der Waals surface area (Å²) in [5, 5.41) is 3.76. The molecule has 0 aliphatic heterocycles. The highest BCUT2D eigenvalue weighted by Crippen LogP contribution is 2.22. The van der Waals surface area contributed by atoms with Crippen LogP contribution in [0.15, 0.2) is 12.1 Å². The quantitative estimate of drug-likeness (QED) is 0.881. The summed E-state index contributed by atoms with van der Waals surface area (Å²) in [5.41, 5.74) is 0. The van der Waals surface area contributed by atoms with Gasteiger partial charge < -0.3 is 10.1 Å². The van der Waals surface area contributed by atoms with Crippen molar-refractivity contribution in [2.75, 3.05) is 7.11 Å². The standard InChI is InChI=1S/C15H25NOS/c1-11(10-13-9-8-12(2)18-13)16-14-6-4-5-7-15(14)17-3/h8-9,11,14-16H,4-7,10H2,1-3H3. The fourth-order valence-electron chi connectivity index (χ4n) is 2.89. The molecule has 1 aliphatic carbocycles. The first-order chi connectivity index (χ1) is 8.69. The third kappa shape index (κ3) is 3.81. The molecule has 1 heterocycles. The molecule has 0 spiro atoms. The van der Waals surface area contributed by atoms with Crippen molar-refractivity contribution in [1.29, 1.82) is 0 Å². The molecule has 1 saturated carbocycles. The van der Waals surface area contributed by atoms with Crippen molar-refractivity contribution in [1.82, 2.24) is 5.32 Å². The minimum atomic E-state index is 0.409. The lowest BCUT2D eigenvalue weighted by Gasteiger charge is -2.33. The van der Waals surface area contributed by atoms with Gasteiger partial charge in [0.1, 0.15) is 0 Å². The molecule has 0 aromatic carbocycles. The fraction of sp³-hybridized carbons (Fsp3) is 0.733. The number of thiophene rings is 1. The van der Waals surface area contributed by atoms with Crippen LogP contribution in [0.25, 0.3) is 0 Å². The van der Waals surface area contributed by atoms with E-state index < -0.39 is 0 Å². The van der Waals surface area contributed by atoms with Gasteiger partial charge in [0.15, 0.2) is 0 Å². The van der Waals surface area contributed by atoms with E-state index in [2.05, 4.69) is 31.3 Å². The van der Waals surface area contributed by atoms with Crippen LogP contribution in [-0.2, 0) is 11.2 Å². The van der Waals surface area contributed by atoms with Gasteiger partial charge in [-0.15, -0.1) is 11.3 Å². The summed E-state index contributed by atoms with van der Waals surface area (Å²) in [5.74, 6) is 0. The van der Waals surface area contributed by atoms with E-state index in [4.69, 9.17) is 4.74 Å². The predicted molar refractivity (Wildman–Crippen MR) is 78.4 cm³/mol. The Hall–Kier alpha value is -0.380. The largest absolute Gasteiger partial charge is 0.380 e. The Bertz CT molecular complexity index is 363. The number of ether oxygens (including phenoxy) is 1. The van der Waals surface area contributed by atoms with E-state index in [0.29, 0.717) is 18.2 Å². The van der Waals surface area contributed by atoms with E-state index in [1.54, 1.807) is 0 Å². The van der Waals surface area contributed by atoms with Crippen molar-refractivity contribution in [2.24, 2.45) is 0 Å². The Morgan fingerprint density at radius 2 is 2.17 bits per heavy atom. The van der Waals surface area contributed by atoms with Crippen LogP contribution in [0, 0.1) is 6.92 Å². The van der Waals surface area contributed by atoms with Gasteiger partial charge in [0.25, 0.3) is 0 Å². The van der Waals surface area contributed by atoms with Crippen molar-refractivity contribution < 1.29 is 4.74 Å². The predicted octanol–water partition coefficient (Wildman–Crippen LogP) is 3.53. The van der Waals surface area contributed by atoms with E-state index in [0.717, 1.165) is 6.42 Å². The van der Waals surface area contributed by atoms with Gasteiger partial charge in [-0.3, -0.25) is 0 Å². The molecule has 18 heavy (non-hydrogen) atoms. The highest BCUT2D eigenvalue weighted by molar-refractivity contribution is 7.11. The minimum Gasteiger partial charge on any atom is -0.380 e. The van der Waals surface area contributed by atoms with Crippen LogP contribution in [0.5, 0.6) is 0 Å². The van der Waals surface area contributed by atoms with Gasteiger partial charge in [-0.25, -0.2) is 0 Å². The molecule has 2 nitrogen and oxygen atoms in total. The maximum atomic E-state index is 5.60. The van der Waals surface area contributed by atoms with Crippen LogP contribution in [0.1, 0.15) is 42.4 Å². The Morgan fingerprint density at radius 1 is 1.39 bits per heavy atom. The number of rotatable bonds is 5. The molecule has 1 aliphatic rings. The van der Waals surface area contributed by atoms with E-state index in [-0.39, 0.29) is 0 Å². The molecular formula is C15H25NOS. The molecule has 3 atom stereocenters. The summed E-state index contributed by atoms with van der Waals surface area (Å²) in [6, 6.07) is 5.54. The molecule has 1 N–H and O–H groups in total. The van der Waals surface area contributed by atoms with E-state index in [9.17, 15) is 0 Å². The first kappa shape index (κ1) is 14.0. The first-order valence-corrected chi connectivity index (χ1v) is 7.85. The van der Waals surface area contributed by atoms with Crippen LogP contribution in [0.4, 0.5) is 0 Å². The summed E-state index contributed by atoms with van der Waals surface area (Å²) in [6.07, 6.45) is 6.65. The molecule has 3 unspecified atom stereocenters. The second-order valence-corrected chi connectivity index (χ2v) is 6.82. The number of aryl methyl sites for hydroxylation is 1. The summed E-state index contributed by atoms with van der Waals surface area (Å²) < 4.78 is 5.60. The van der Waals surface area contributed by atoms with Gasteiger partial charge in [-0.05, 0) is 45.2 Å². The zero-order valence-corrected chi connectivity index (χ0v) is 12.6. The van der Waals surface area contributed by atoms with Crippen molar-refractivity contribution in [3.8, 4) is 0 Å². The summed E-state index contributed by atoms with van der Waals surface area (Å²) in [7, 11) is 1.85. The smallest absolute Gasteiger partial charge is 0.0724 e. The number of methoxy groups -OCH3 is 1. The monoisotopic (exact) mass is 267 g/mol. The zero-order chi connectivity index (χ0) is 13.0. The Kier molecular flexibility index (Phi) is 5.22. The van der Waals surface area contributed by atoms with Crippen molar-refractivity contribution >= 4 is 11.3 Å². The SMILES string of the molecule is COC1CCCCC1NC(C)Cc1ccc(C)s1. The maximum absolute atomic E-state index is 5.60. The highest BCUT2D eigenvalue weighted by Gasteiger charge is 2.25. The lowest BCUT2D eigenvalue weighted by atomic mass is 9.91. The van der Waals surface area contributed by atoms with Gasteiger partial charge in [-0.1, -0.05) is 12.8 Å². The molecule has 2 rings (SSSR count). The molecule has 3 heteroatoms. The van der Waals surface area contributed by atoms with E-state index in [1.165, 1.54) is 35.4 Å². The lowest BCUT2D eigenvalue weighted by molar-refractivity contribution is 0.0385. The first-order valence-electron chi connectivity index (χ1n) is 7.03. The molecule has 0 amide bonds. The third-order valence-corrected chi connectivity index (χ3v) is 4.83. The van der Waals surface area contributed by atoms with Gasteiger partial charge in [0.2, 0.25) is 0 Å². The fourth-order valence-corrected chi connectivity index (χ4v) is 3.91. The Labute approximate surface area is 115 Å². The van der Waals surface area contributed by atoms with Crippen LogP contribution in [-0.4, -0.2) is 25.3 Å². The van der Waals surface area contributed by atoms with Crippen LogP contribution < -0.4 is 5.32 Å².